The van der Waals surface area contributed by atoms with E-state index in [4.69, 9.17) is 0 Å². The molecule has 0 radical (unpaired) electrons. The fourth-order valence-corrected chi connectivity index (χ4v) is 5.22. The third-order valence-electron chi connectivity index (χ3n) is 3.12. The molecule has 0 spiro atoms. The van der Waals surface area contributed by atoms with Crippen LogP contribution in [0.5, 0.6) is 0 Å². The van der Waals surface area contributed by atoms with E-state index in [0.717, 1.165) is 12.5 Å². The molecule has 1 aromatic rings. The monoisotopic (exact) mass is 395 g/mol. The maximum absolute atomic E-state index is 3.69. The SMILES string of the molecule is CCCNC(CC(C)CCC)c1cc(Br)sc1Br. The number of thiophene rings is 1. The minimum atomic E-state index is 0.475. The maximum Gasteiger partial charge on any atom is 0.0758 e. The van der Waals surface area contributed by atoms with E-state index in [9.17, 15) is 0 Å². The summed E-state index contributed by atoms with van der Waals surface area (Å²) in [5.74, 6) is 0.773. The fourth-order valence-electron chi connectivity index (χ4n) is 2.24. The van der Waals surface area contributed by atoms with Gasteiger partial charge in [0.2, 0.25) is 0 Å². The Kier molecular flexibility index (Phi) is 8.08. The van der Waals surface area contributed by atoms with E-state index in [2.05, 4.69) is 64.0 Å². The predicted octanol–water partition coefficient (Wildman–Crippen LogP) is 6.14. The molecule has 2 unspecified atom stereocenters. The van der Waals surface area contributed by atoms with Crippen molar-refractivity contribution in [2.24, 2.45) is 5.92 Å². The minimum Gasteiger partial charge on any atom is -0.310 e. The zero-order valence-corrected chi connectivity index (χ0v) is 15.4. The second-order valence-corrected chi connectivity index (χ2v) is 8.67. The van der Waals surface area contributed by atoms with Crippen molar-refractivity contribution in [3.05, 3.63) is 19.2 Å². The van der Waals surface area contributed by atoms with Gasteiger partial charge in [0, 0.05) is 6.04 Å². The first kappa shape index (κ1) is 16.7. The van der Waals surface area contributed by atoms with Gasteiger partial charge in [0.1, 0.15) is 0 Å². The number of hydrogen-bond acceptors (Lipinski definition) is 2. The largest absolute Gasteiger partial charge is 0.310 e. The standard InChI is InChI=1S/C14H23Br2NS/c1-4-6-10(3)8-12(17-7-5-2)11-9-13(15)18-14(11)16/h9-10,12,17H,4-8H2,1-3H3. The van der Waals surface area contributed by atoms with Gasteiger partial charge in [-0.1, -0.05) is 33.6 Å². The van der Waals surface area contributed by atoms with Crippen LogP contribution in [0.4, 0.5) is 0 Å². The molecular formula is C14H23Br2NS. The van der Waals surface area contributed by atoms with Crippen molar-refractivity contribution in [3.8, 4) is 0 Å². The Morgan fingerprint density at radius 1 is 1.28 bits per heavy atom. The summed E-state index contributed by atoms with van der Waals surface area (Å²) in [7, 11) is 0. The molecule has 0 aromatic carbocycles. The first-order valence-corrected chi connectivity index (χ1v) is 9.16. The lowest BCUT2D eigenvalue weighted by Gasteiger charge is -2.22. The van der Waals surface area contributed by atoms with Gasteiger partial charge in [-0.05, 0) is 68.8 Å². The van der Waals surface area contributed by atoms with Crippen LogP contribution < -0.4 is 5.32 Å². The highest BCUT2D eigenvalue weighted by Gasteiger charge is 2.18. The van der Waals surface area contributed by atoms with Crippen molar-refractivity contribution in [1.29, 1.82) is 0 Å². The first-order valence-electron chi connectivity index (χ1n) is 6.76. The zero-order chi connectivity index (χ0) is 13.5. The van der Waals surface area contributed by atoms with Gasteiger partial charge >= 0.3 is 0 Å². The molecule has 1 nitrogen and oxygen atoms in total. The van der Waals surface area contributed by atoms with Crippen LogP contribution in [0.3, 0.4) is 0 Å². The predicted molar refractivity (Wildman–Crippen MR) is 89.4 cm³/mol. The highest BCUT2D eigenvalue weighted by molar-refractivity contribution is 9.12. The molecule has 0 fully saturated rings. The lowest BCUT2D eigenvalue weighted by atomic mass is 9.94. The van der Waals surface area contributed by atoms with Gasteiger partial charge < -0.3 is 5.32 Å². The Morgan fingerprint density at radius 2 is 2.00 bits per heavy atom. The lowest BCUT2D eigenvalue weighted by molar-refractivity contribution is 0.390. The average molecular weight is 397 g/mol. The van der Waals surface area contributed by atoms with E-state index in [1.54, 1.807) is 11.3 Å². The van der Waals surface area contributed by atoms with Crippen molar-refractivity contribution in [2.45, 2.75) is 52.5 Å². The molecule has 0 bridgehead atoms. The van der Waals surface area contributed by atoms with Crippen molar-refractivity contribution >= 4 is 43.2 Å². The second kappa shape index (κ2) is 8.72. The van der Waals surface area contributed by atoms with Crippen LogP contribution in [0.15, 0.2) is 13.6 Å². The molecule has 104 valence electrons. The maximum atomic E-state index is 3.69. The van der Waals surface area contributed by atoms with Crippen LogP contribution in [-0.4, -0.2) is 6.54 Å². The quantitative estimate of drug-likeness (QED) is 0.556. The van der Waals surface area contributed by atoms with Crippen LogP contribution in [0.25, 0.3) is 0 Å². The van der Waals surface area contributed by atoms with Crippen LogP contribution in [0, 0.1) is 5.92 Å². The van der Waals surface area contributed by atoms with E-state index in [1.807, 2.05) is 0 Å². The molecular weight excluding hydrogens is 374 g/mol. The van der Waals surface area contributed by atoms with E-state index in [0.29, 0.717) is 6.04 Å². The van der Waals surface area contributed by atoms with Gasteiger partial charge in [-0.2, -0.15) is 0 Å². The van der Waals surface area contributed by atoms with Crippen molar-refractivity contribution in [2.75, 3.05) is 6.54 Å². The summed E-state index contributed by atoms with van der Waals surface area (Å²) >= 11 is 9.03. The molecule has 1 N–H and O–H groups in total. The van der Waals surface area contributed by atoms with E-state index in [1.165, 1.54) is 38.8 Å². The average Bonchev–Trinajstić information content (AvgIpc) is 2.64. The summed E-state index contributed by atoms with van der Waals surface area (Å²) in [6.45, 7) is 7.93. The van der Waals surface area contributed by atoms with E-state index < -0.39 is 0 Å². The van der Waals surface area contributed by atoms with Gasteiger partial charge in [0.05, 0.1) is 7.57 Å². The molecule has 0 aliphatic rings. The smallest absolute Gasteiger partial charge is 0.0758 e. The summed E-state index contributed by atoms with van der Waals surface area (Å²) in [4.78, 5) is 0. The number of nitrogens with one attached hydrogen (secondary N) is 1. The van der Waals surface area contributed by atoms with Gasteiger partial charge in [-0.3, -0.25) is 0 Å². The molecule has 1 rings (SSSR count). The molecule has 0 aliphatic carbocycles. The normalized spacial score (nSPS) is 14.7. The topological polar surface area (TPSA) is 12.0 Å². The summed E-state index contributed by atoms with van der Waals surface area (Å²) in [6, 6.07) is 2.73. The Hall–Kier alpha value is 0.620. The Balaban J connectivity index is 2.74. The molecule has 18 heavy (non-hydrogen) atoms. The van der Waals surface area contributed by atoms with E-state index in [-0.39, 0.29) is 0 Å². The first-order chi connectivity index (χ1) is 8.58. The summed E-state index contributed by atoms with van der Waals surface area (Å²) in [5, 5.41) is 3.69. The van der Waals surface area contributed by atoms with Crippen LogP contribution >= 0.6 is 43.2 Å². The highest BCUT2D eigenvalue weighted by atomic mass is 79.9. The molecule has 0 amide bonds. The van der Waals surface area contributed by atoms with Gasteiger partial charge in [-0.25, -0.2) is 0 Å². The molecule has 2 atom stereocenters. The van der Waals surface area contributed by atoms with Crippen molar-refractivity contribution in [1.82, 2.24) is 5.32 Å². The third kappa shape index (κ3) is 5.32. The number of rotatable bonds is 8. The summed E-state index contributed by atoms with van der Waals surface area (Å²) < 4.78 is 2.46. The van der Waals surface area contributed by atoms with E-state index >= 15 is 0 Å². The van der Waals surface area contributed by atoms with Gasteiger partial charge in [-0.15, -0.1) is 11.3 Å². The second-order valence-electron chi connectivity index (χ2n) is 4.92. The summed E-state index contributed by atoms with van der Waals surface area (Å²) in [5.41, 5.74) is 1.41. The molecule has 1 aromatic heterocycles. The Morgan fingerprint density at radius 3 is 2.50 bits per heavy atom. The molecule has 4 heteroatoms. The third-order valence-corrected chi connectivity index (χ3v) is 5.50. The zero-order valence-electron chi connectivity index (χ0n) is 11.4. The molecule has 0 aliphatic heterocycles. The van der Waals surface area contributed by atoms with Crippen molar-refractivity contribution in [3.63, 3.8) is 0 Å². The minimum absolute atomic E-state index is 0.475. The fraction of sp³-hybridized carbons (Fsp3) is 0.714. The highest BCUT2D eigenvalue weighted by Crippen LogP contribution is 2.37. The van der Waals surface area contributed by atoms with Gasteiger partial charge in [0.15, 0.2) is 0 Å². The van der Waals surface area contributed by atoms with Crippen molar-refractivity contribution < 1.29 is 0 Å². The van der Waals surface area contributed by atoms with Gasteiger partial charge in [0.25, 0.3) is 0 Å². The molecule has 1 heterocycles. The molecule has 0 saturated heterocycles. The lowest BCUT2D eigenvalue weighted by Crippen LogP contribution is -2.24. The number of hydrogen-bond donors (Lipinski definition) is 1. The van der Waals surface area contributed by atoms with Crippen LogP contribution in [-0.2, 0) is 0 Å². The Bertz CT molecular complexity index is 352. The van der Waals surface area contributed by atoms with Crippen LogP contribution in [0.2, 0.25) is 0 Å². The Labute approximate surface area is 132 Å². The number of halogens is 2. The van der Waals surface area contributed by atoms with Crippen LogP contribution in [0.1, 0.15) is 58.1 Å². The molecule has 0 saturated carbocycles. The summed E-state index contributed by atoms with van der Waals surface area (Å²) in [6.07, 6.45) is 4.99.